The van der Waals surface area contributed by atoms with Gasteiger partial charge in [0.25, 0.3) is 0 Å². The van der Waals surface area contributed by atoms with Gasteiger partial charge in [0.05, 0.1) is 19.8 Å². The second-order valence-corrected chi connectivity index (χ2v) is 7.92. The zero-order valence-corrected chi connectivity index (χ0v) is 15.0. The van der Waals surface area contributed by atoms with Crippen molar-refractivity contribution in [1.82, 2.24) is 10.2 Å². The van der Waals surface area contributed by atoms with Gasteiger partial charge in [-0.1, -0.05) is 0 Å². The molecule has 3 heterocycles. The number of hydrogen-bond acceptors (Lipinski definition) is 5. The van der Waals surface area contributed by atoms with Crippen molar-refractivity contribution in [2.75, 3.05) is 32.8 Å². The number of carbonyl (C=O) groups excluding carboxylic acids is 1. The molecule has 128 valence electrons. The van der Waals surface area contributed by atoms with Gasteiger partial charge in [-0.15, -0.1) is 11.3 Å². The van der Waals surface area contributed by atoms with E-state index in [1.54, 1.807) is 0 Å². The predicted molar refractivity (Wildman–Crippen MR) is 90.7 cm³/mol. The number of piperidine rings is 1. The van der Waals surface area contributed by atoms with Crippen molar-refractivity contribution in [3.8, 4) is 0 Å². The maximum atomic E-state index is 12.4. The van der Waals surface area contributed by atoms with Crippen LogP contribution in [0.5, 0.6) is 0 Å². The fourth-order valence-corrected chi connectivity index (χ4v) is 4.45. The summed E-state index contributed by atoms with van der Waals surface area (Å²) in [5, 5.41) is 3.36. The Labute approximate surface area is 142 Å². The van der Waals surface area contributed by atoms with Crippen LogP contribution in [-0.4, -0.2) is 49.4 Å². The Kier molecular flexibility index (Phi) is 5.06. The molecule has 0 aliphatic carbocycles. The lowest BCUT2D eigenvalue weighted by atomic mass is 10.0. The SMILES string of the molecule is Cc1cc([C@H](C)NCC(=O)N2CCC3(CC2)OCCO3)c(C)s1. The fourth-order valence-electron chi connectivity index (χ4n) is 3.43. The van der Waals surface area contributed by atoms with Crippen LogP contribution in [0.3, 0.4) is 0 Å². The Hall–Kier alpha value is -0.950. The topological polar surface area (TPSA) is 50.8 Å². The molecule has 2 aliphatic heterocycles. The molecule has 2 aliphatic rings. The molecule has 1 atom stereocenters. The van der Waals surface area contributed by atoms with Gasteiger partial charge in [-0.05, 0) is 32.4 Å². The molecule has 3 rings (SSSR count). The van der Waals surface area contributed by atoms with E-state index in [1.165, 1.54) is 15.3 Å². The third-order valence-electron chi connectivity index (χ3n) is 4.80. The number of rotatable bonds is 4. The Bertz CT molecular complexity index is 556. The van der Waals surface area contributed by atoms with Crippen LogP contribution in [0.1, 0.15) is 41.1 Å². The molecular weight excluding hydrogens is 312 g/mol. The highest BCUT2D eigenvalue weighted by atomic mass is 32.1. The molecule has 1 N–H and O–H groups in total. The van der Waals surface area contributed by atoms with Gasteiger partial charge in [0.2, 0.25) is 5.91 Å². The number of thiophene rings is 1. The highest BCUT2D eigenvalue weighted by Gasteiger charge is 2.40. The molecule has 2 saturated heterocycles. The molecule has 1 amide bonds. The molecule has 5 nitrogen and oxygen atoms in total. The van der Waals surface area contributed by atoms with Gasteiger partial charge in [0.1, 0.15) is 0 Å². The first kappa shape index (κ1) is 16.9. The summed E-state index contributed by atoms with van der Waals surface area (Å²) >= 11 is 1.81. The minimum Gasteiger partial charge on any atom is -0.347 e. The molecule has 1 aromatic rings. The number of likely N-dealkylation sites (tertiary alicyclic amines) is 1. The Morgan fingerprint density at radius 3 is 2.57 bits per heavy atom. The molecule has 1 spiro atoms. The van der Waals surface area contributed by atoms with Gasteiger partial charge in [-0.2, -0.15) is 0 Å². The number of ether oxygens (including phenoxy) is 2. The van der Waals surface area contributed by atoms with E-state index >= 15 is 0 Å². The van der Waals surface area contributed by atoms with Crippen LogP contribution in [0.15, 0.2) is 6.07 Å². The van der Waals surface area contributed by atoms with E-state index in [2.05, 4.69) is 32.2 Å². The molecule has 2 fully saturated rings. The number of nitrogens with one attached hydrogen (secondary N) is 1. The van der Waals surface area contributed by atoms with Gasteiger partial charge in [0, 0.05) is 41.7 Å². The van der Waals surface area contributed by atoms with Gasteiger partial charge >= 0.3 is 0 Å². The zero-order chi connectivity index (χ0) is 16.4. The van der Waals surface area contributed by atoms with Crippen molar-refractivity contribution in [2.45, 2.75) is 45.4 Å². The van der Waals surface area contributed by atoms with E-state index in [-0.39, 0.29) is 11.9 Å². The lowest BCUT2D eigenvalue weighted by Crippen LogP contribution is -2.49. The average molecular weight is 338 g/mol. The van der Waals surface area contributed by atoms with E-state index in [0.29, 0.717) is 32.8 Å². The predicted octanol–water partition coefficient (Wildman–Crippen LogP) is 2.38. The number of carbonyl (C=O) groups is 1. The maximum absolute atomic E-state index is 12.4. The normalized spacial score (nSPS) is 21.8. The molecule has 23 heavy (non-hydrogen) atoms. The van der Waals surface area contributed by atoms with Gasteiger partial charge in [-0.3, -0.25) is 4.79 Å². The van der Waals surface area contributed by atoms with E-state index < -0.39 is 5.79 Å². The monoisotopic (exact) mass is 338 g/mol. The van der Waals surface area contributed by atoms with Crippen LogP contribution in [-0.2, 0) is 14.3 Å². The van der Waals surface area contributed by atoms with E-state index in [9.17, 15) is 4.79 Å². The Morgan fingerprint density at radius 2 is 2.00 bits per heavy atom. The number of aryl methyl sites for hydroxylation is 2. The smallest absolute Gasteiger partial charge is 0.236 e. The summed E-state index contributed by atoms with van der Waals surface area (Å²) in [6.07, 6.45) is 1.55. The van der Waals surface area contributed by atoms with Gasteiger partial charge in [0.15, 0.2) is 5.79 Å². The van der Waals surface area contributed by atoms with E-state index in [1.807, 2.05) is 16.2 Å². The van der Waals surface area contributed by atoms with Crippen LogP contribution < -0.4 is 5.32 Å². The van der Waals surface area contributed by atoms with Crippen LogP contribution in [0.4, 0.5) is 0 Å². The van der Waals surface area contributed by atoms with Crippen molar-refractivity contribution >= 4 is 17.2 Å². The fraction of sp³-hybridized carbons (Fsp3) is 0.706. The lowest BCUT2D eigenvalue weighted by molar-refractivity contribution is -0.187. The Morgan fingerprint density at radius 1 is 1.35 bits per heavy atom. The number of hydrogen-bond donors (Lipinski definition) is 1. The summed E-state index contributed by atoms with van der Waals surface area (Å²) in [6.45, 7) is 9.53. The molecule has 0 aromatic carbocycles. The maximum Gasteiger partial charge on any atom is 0.236 e. The van der Waals surface area contributed by atoms with Crippen molar-refractivity contribution in [1.29, 1.82) is 0 Å². The number of amides is 1. The standard InChI is InChI=1S/C17H26N2O3S/c1-12-10-15(14(3)23-12)13(2)18-11-16(20)19-6-4-17(5-7-19)21-8-9-22-17/h10,13,18H,4-9,11H2,1-3H3/t13-/m0/s1. The van der Waals surface area contributed by atoms with E-state index in [4.69, 9.17) is 9.47 Å². The summed E-state index contributed by atoms with van der Waals surface area (Å²) in [6, 6.07) is 2.41. The summed E-state index contributed by atoms with van der Waals surface area (Å²) in [4.78, 5) is 17.0. The molecule has 0 radical (unpaired) electrons. The molecule has 0 saturated carbocycles. The van der Waals surface area contributed by atoms with Crippen molar-refractivity contribution in [3.05, 3.63) is 21.4 Å². The largest absolute Gasteiger partial charge is 0.347 e. The minimum absolute atomic E-state index is 0.161. The Balaban J connectivity index is 1.47. The van der Waals surface area contributed by atoms with E-state index in [0.717, 1.165) is 12.8 Å². The van der Waals surface area contributed by atoms with Crippen molar-refractivity contribution in [3.63, 3.8) is 0 Å². The lowest BCUT2D eigenvalue weighted by Gasteiger charge is -2.37. The third kappa shape index (κ3) is 3.76. The molecule has 0 bridgehead atoms. The number of nitrogens with zero attached hydrogens (tertiary/aromatic N) is 1. The first-order chi connectivity index (χ1) is 11.0. The summed E-state index contributed by atoms with van der Waals surface area (Å²) in [5.74, 6) is -0.252. The van der Waals surface area contributed by atoms with Gasteiger partial charge < -0.3 is 19.7 Å². The van der Waals surface area contributed by atoms with Crippen LogP contribution in [0.2, 0.25) is 0 Å². The van der Waals surface area contributed by atoms with Crippen LogP contribution in [0, 0.1) is 13.8 Å². The molecule has 0 unspecified atom stereocenters. The van der Waals surface area contributed by atoms with Crippen LogP contribution in [0.25, 0.3) is 0 Å². The molecule has 6 heteroatoms. The summed E-state index contributed by atoms with van der Waals surface area (Å²) in [5.41, 5.74) is 1.30. The summed E-state index contributed by atoms with van der Waals surface area (Å²) < 4.78 is 11.4. The highest BCUT2D eigenvalue weighted by molar-refractivity contribution is 7.12. The average Bonchev–Trinajstić information content (AvgIpc) is 3.12. The highest BCUT2D eigenvalue weighted by Crippen LogP contribution is 2.31. The minimum atomic E-state index is -0.414. The first-order valence-electron chi connectivity index (χ1n) is 8.35. The third-order valence-corrected chi connectivity index (χ3v) is 5.78. The molecular formula is C17H26N2O3S. The zero-order valence-electron chi connectivity index (χ0n) is 14.2. The second kappa shape index (κ2) is 6.89. The quantitative estimate of drug-likeness (QED) is 0.916. The first-order valence-corrected chi connectivity index (χ1v) is 9.17. The summed E-state index contributed by atoms with van der Waals surface area (Å²) in [7, 11) is 0. The second-order valence-electron chi connectivity index (χ2n) is 6.46. The molecule has 1 aromatic heterocycles. The van der Waals surface area contributed by atoms with Gasteiger partial charge in [-0.25, -0.2) is 0 Å². The van der Waals surface area contributed by atoms with Crippen molar-refractivity contribution in [2.24, 2.45) is 0 Å². The van der Waals surface area contributed by atoms with Crippen molar-refractivity contribution < 1.29 is 14.3 Å². The van der Waals surface area contributed by atoms with Crippen LogP contribution >= 0.6 is 11.3 Å².